The minimum atomic E-state index is -3.55. The van der Waals surface area contributed by atoms with Crippen LogP contribution in [0, 0.1) is 0 Å². The van der Waals surface area contributed by atoms with Crippen LogP contribution in [0.25, 0.3) is 0 Å². The van der Waals surface area contributed by atoms with E-state index in [2.05, 4.69) is 31.6 Å². The van der Waals surface area contributed by atoms with Gasteiger partial charge in [0.2, 0.25) is 10.0 Å². The molecule has 0 amide bonds. The summed E-state index contributed by atoms with van der Waals surface area (Å²) in [5, 5.41) is 0.496. The molecule has 0 atom stereocenters. The molecule has 24 heavy (non-hydrogen) atoms. The molecule has 2 aromatic carbocycles. The first-order chi connectivity index (χ1) is 11.2. The maximum absolute atomic E-state index is 12.1. The van der Waals surface area contributed by atoms with Gasteiger partial charge >= 0.3 is 0 Å². The lowest BCUT2D eigenvalue weighted by Gasteiger charge is -2.19. The van der Waals surface area contributed by atoms with E-state index in [1.54, 1.807) is 12.1 Å². The Labute approximate surface area is 148 Å². The van der Waals surface area contributed by atoms with Crippen LogP contribution < -0.4 is 9.46 Å². The first kappa shape index (κ1) is 18.8. The van der Waals surface area contributed by atoms with Gasteiger partial charge < -0.3 is 4.74 Å². The largest absolute Gasteiger partial charge is 0.492 e. The number of rotatable bonds is 6. The van der Waals surface area contributed by atoms with Gasteiger partial charge in [0.25, 0.3) is 0 Å². The second kappa shape index (κ2) is 7.55. The van der Waals surface area contributed by atoms with Crippen LogP contribution in [-0.4, -0.2) is 21.6 Å². The van der Waals surface area contributed by atoms with Crippen molar-refractivity contribution < 1.29 is 13.2 Å². The van der Waals surface area contributed by atoms with Gasteiger partial charge in [0, 0.05) is 11.6 Å². The maximum Gasteiger partial charge on any atom is 0.240 e. The van der Waals surface area contributed by atoms with Crippen molar-refractivity contribution in [1.29, 1.82) is 0 Å². The fraction of sp³-hybridized carbons (Fsp3) is 0.333. The Balaban J connectivity index is 1.90. The third-order valence-electron chi connectivity index (χ3n) is 3.49. The normalized spacial score (nSPS) is 12.2. The van der Waals surface area contributed by atoms with Crippen LogP contribution in [0.4, 0.5) is 0 Å². The van der Waals surface area contributed by atoms with Crippen molar-refractivity contribution in [3.05, 3.63) is 59.1 Å². The number of ether oxygens (including phenoxy) is 1. The van der Waals surface area contributed by atoms with Gasteiger partial charge in [-0.25, -0.2) is 13.1 Å². The molecule has 4 nitrogen and oxygen atoms in total. The summed E-state index contributed by atoms with van der Waals surface area (Å²) in [5.41, 5.74) is 1.21. The summed E-state index contributed by atoms with van der Waals surface area (Å²) in [4.78, 5) is 0.182. The van der Waals surface area contributed by atoms with Crippen LogP contribution in [-0.2, 0) is 15.4 Å². The zero-order valence-corrected chi connectivity index (χ0v) is 15.6. The van der Waals surface area contributed by atoms with E-state index in [0.29, 0.717) is 5.02 Å². The van der Waals surface area contributed by atoms with E-state index in [1.807, 2.05) is 18.2 Å². The lowest BCUT2D eigenvalue weighted by Crippen LogP contribution is -2.28. The number of benzene rings is 2. The predicted molar refractivity (Wildman–Crippen MR) is 97.3 cm³/mol. The number of hydrogen-bond donors (Lipinski definition) is 1. The molecule has 1 N–H and O–H groups in total. The molecule has 0 aliphatic rings. The second-order valence-electron chi connectivity index (χ2n) is 6.48. The molecule has 0 fully saturated rings. The van der Waals surface area contributed by atoms with E-state index in [4.69, 9.17) is 16.3 Å². The Morgan fingerprint density at radius 3 is 2.38 bits per heavy atom. The topological polar surface area (TPSA) is 55.4 Å². The molecule has 0 radical (unpaired) electrons. The van der Waals surface area contributed by atoms with Crippen molar-refractivity contribution in [3.8, 4) is 5.75 Å². The Morgan fingerprint density at radius 2 is 1.75 bits per heavy atom. The van der Waals surface area contributed by atoms with Gasteiger partial charge in [-0.1, -0.05) is 44.5 Å². The van der Waals surface area contributed by atoms with Crippen molar-refractivity contribution in [3.63, 3.8) is 0 Å². The fourth-order valence-electron chi connectivity index (χ4n) is 2.09. The van der Waals surface area contributed by atoms with Crippen molar-refractivity contribution in [1.82, 2.24) is 4.72 Å². The zero-order valence-electron chi connectivity index (χ0n) is 14.0. The van der Waals surface area contributed by atoms with Gasteiger partial charge in [-0.2, -0.15) is 0 Å². The second-order valence-corrected chi connectivity index (χ2v) is 8.68. The monoisotopic (exact) mass is 367 g/mol. The minimum absolute atomic E-state index is 0.0372. The number of sulfonamides is 1. The van der Waals surface area contributed by atoms with Crippen LogP contribution >= 0.6 is 11.6 Å². The summed E-state index contributed by atoms with van der Waals surface area (Å²) in [6.45, 7) is 6.83. The molecular formula is C18H22ClNO3S. The van der Waals surface area contributed by atoms with Crippen LogP contribution in [0.3, 0.4) is 0 Å². The molecule has 2 aromatic rings. The highest BCUT2D eigenvalue weighted by Gasteiger charge is 2.15. The Kier molecular flexibility index (Phi) is 5.91. The quantitative estimate of drug-likeness (QED) is 0.785. The smallest absolute Gasteiger partial charge is 0.240 e. The molecular weight excluding hydrogens is 346 g/mol. The van der Waals surface area contributed by atoms with Gasteiger partial charge in [-0.15, -0.1) is 0 Å². The standard InChI is InChI=1S/C18H22ClNO3S/c1-18(2,3)14-5-4-6-16(13-14)23-12-11-20-24(21,22)17-9-7-15(19)8-10-17/h4-10,13,20H,11-12H2,1-3H3. The molecule has 0 unspecified atom stereocenters. The average Bonchev–Trinajstić information content (AvgIpc) is 2.51. The highest BCUT2D eigenvalue weighted by Crippen LogP contribution is 2.25. The third kappa shape index (κ3) is 5.23. The van der Waals surface area contributed by atoms with Crippen molar-refractivity contribution >= 4 is 21.6 Å². The highest BCUT2D eigenvalue weighted by atomic mass is 35.5. The Bertz CT molecular complexity index is 781. The predicted octanol–water partition coefficient (Wildman–Crippen LogP) is 3.99. The lowest BCUT2D eigenvalue weighted by atomic mass is 9.87. The molecule has 0 aliphatic carbocycles. The number of hydrogen-bond acceptors (Lipinski definition) is 3. The van der Waals surface area contributed by atoms with Crippen LogP contribution in [0.5, 0.6) is 5.75 Å². The zero-order chi connectivity index (χ0) is 17.8. The molecule has 0 saturated heterocycles. The molecule has 0 spiro atoms. The van der Waals surface area contributed by atoms with Gasteiger partial charge in [-0.05, 0) is 47.4 Å². The Hall–Kier alpha value is -1.56. The average molecular weight is 368 g/mol. The minimum Gasteiger partial charge on any atom is -0.492 e. The fourth-order valence-corrected chi connectivity index (χ4v) is 3.23. The number of nitrogens with one attached hydrogen (secondary N) is 1. The summed E-state index contributed by atoms with van der Waals surface area (Å²) in [7, 11) is -3.55. The van der Waals surface area contributed by atoms with Crippen molar-refractivity contribution in [2.75, 3.05) is 13.2 Å². The van der Waals surface area contributed by atoms with Gasteiger partial charge in [0.15, 0.2) is 0 Å². The molecule has 0 bridgehead atoms. The van der Waals surface area contributed by atoms with Crippen molar-refractivity contribution in [2.24, 2.45) is 0 Å². The molecule has 0 heterocycles. The first-order valence-corrected chi connectivity index (χ1v) is 9.53. The molecule has 2 rings (SSSR count). The summed E-state index contributed by atoms with van der Waals surface area (Å²) in [6.07, 6.45) is 0. The Morgan fingerprint density at radius 1 is 1.08 bits per heavy atom. The summed E-state index contributed by atoms with van der Waals surface area (Å²) in [5.74, 6) is 0.730. The summed E-state index contributed by atoms with van der Waals surface area (Å²) >= 11 is 5.77. The lowest BCUT2D eigenvalue weighted by molar-refractivity contribution is 0.322. The van der Waals surface area contributed by atoms with Gasteiger partial charge in [0.05, 0.1) is 4.90 Å². The maximum atomic E-state index is 12.1. The molecule has 0 aromatic heterocycles. The van der Waals surface area contributed by atoms with E-state index in [-0.39, 0.29) is 23.5 Å². The highest BCUT2D eigenvalue weighted by molar-refractivity contribution is 7.89. The SMILES string of the molecule is CC(C)(C)c1cccc(OCCNS(=O)(=O)c2ccc(Cl)cc2)c1. The molecule has 0 saturated carbocycles. The molecule has 130 valence electrons. The summed E-state index contributed by atoms with van der Waals surface area (Å²) < 4.78 is 32.4. The van der Waals surface area contributed by atoms with Crippen molar-refractivity contribution in [2.45, 2.75) is 31.1 Å². The molecule has 0 aliphatic heterocycles. The van der Waals surface area contributed by atoms with E-state index in [9.17, 15) is 8.42 Å². The van der Waals surface area contributed by atoms with E-state index in [1.165, 1.54) is 17.7 Å². The summed E-state index contributed by atoms with van der Waals surface area (Å²) in [6, 6.07) is 13.9. The van der Waals surface area contributed by atoms with Gasteiger partial charge in [-0.3, -0.25) is 0 Å². The van der Waals surface area contributed by atoms with Crippen LogP contribution in [0.1, 0.15) is 26.3 Å². The van der Waals surface area contributed by atoms with E-state index < -0.39 is 10.0 Å². The van der Waals surface area contributed by atoms with Gasteiger partial charge in [0.1, 0.15) is 12.4 Å². The molecule has 6 heteroatoms. The first-order valence-electron chi connectivity index (χ1n) is 7.67. The van der Waals surface area contributed by atoms with E-state index >= 15 is 0 Å². The van der Waals surface area contributed by atoms with E-state index in [0.717, 1.165) is 5.75 Å². The van der Waals surface area contributed by atoms with Crippen LogP contribution in [0.2, 0.25) is 5.02 Å². The van der Waals surface area contributed by atoms with Crippen LogP contribution in [0.15, 0.2) is 53.4 Å². The number of halogens is 1. The third-order valence-corrected chi connectivity index (χ3v) is 5.22.